The molecule has 0 spiro atoms. The molecule has 0 saturated heterocycles. The molecule has 0 unspecified atom stereocenters. The van der Waals surface area contributed by atoms with E-state index in [1.807, 2.05) is 50.3 Å². The fraction of sp³-hybridized carbons (Fsp3) is 0.200. The van der Waals surface area contributed by atoms with Crippen LogP contribution in [0.5, 0.6) is 0 Å². The molecule has 0 bridgehead atoms. The standard InChI is InChI=1S/C20H24O4/c1-15(11-7-13-17(3)19(21)22)9-5-6-10-16(2)12-8-14-18(4)20(23)24/h5-14H,1-4H3,(H,21,22)(H,23,24)/b6-5+,11-7+,12-8?,15-9+,16-10?,17-13?,18-14?. The Balaban J connectivity index is 4.63. The summed E-state index contributed by atoms with van der Waals surface area (Å²) in [6.45, 7) is 6.92. The molecule has 0 aliphatic carbocycles. The molecule has 0 aromatic heterocycles. The van der Waals surface area contributed by atoms with Crippen LogP contribution >= 0.6 is 0 Å². The number of aliphatic carboxylic acids is 2. The number of carboxylic acid groups (broad SMARTS) is 2. The fourth-order valence-corrected chi connectivity index (χ4v) is 1.36. The monoisotopic (exact) mass is 328 g/mol. The van der Waals surface area contributed by atoms with Gasteiger partial charge in [-0.3, -0.25) is 0 Å². The molecule has 0 radical (unpaired) electrons. The van der Waals surface area contributed by atoms with E-state index >= 15 is 0 Å². The van der Waals surface area contributed by atoms with Crippen LogP contribution in [0.1, 0.15) is 27.7 Å². The van der Waals surface area contributed by atoms with E-state index in [9.17, 15) is 9.59 Å². The first-order valence-electron chi connectivity index (χ1n) is 7.42. The van der Waals surface area contributed by atoms with E-state index in [1.54, 1.807) is 38.2 Å². The SMILES string of the molecule is CC(C=CC=C(C)C(=O)O)=C/C=C/C=C(C)/C=C/C=C(C)C(=O)O. The van der Waals surface area contributed by atoms with Crippen LogP contribution < -0.4 is 0 Å². The van der Waals surface area contributed by atoms with E-state index in [-0.39, 0.29) is 11.1 Å². The van der Waals surface area contributed by atoms with Gasteiger partial charge in [0.05, 0.1) is 0 Å². The highest BCUT2D eigenvalue weighted by Crippen LogP contribution is 2.01. The van der Waals surface area contributed by atoms with E-state index in [4.69, 9.17) is 10.2 Å². The van der Waals surface area contributed by atoms with E-state index in [1.165, 1.54) is 0 Å². The zero-order valence-corrected chi connectivity index (χ0v) is 14.5. The second kappa shape index (κ2) is 11.7. The van der Waals surface area contributed by atoms with Gasteiger partial charge in [0.15, 0.2) is 0 Å². The van der Waals surface area contributed by atoms with E-state index in [2.05, 4.69) is 0 Å². The predicted molar refractivity (Wildman–Crippen MR) is 97.7 cm³/mol. The molecule has 128 valence electrons. The lowest BCUT2D eigenvalue weighted by atomic mass is 10.2. The number of rotatable bonds is 8. The predicted octanol–water partition coefficient (Wildman–Crippen LogP) is 4.61. The number of hydrogen-bond donors (Lipinski definition) is 2. The normalized spacial score (nSPS) is 15.0. The summed E-state index contributed by atoms with van der Waals surface area (Å²) in [6, 6.07) is 0. The fourth-order valence-electron chi connectivity index (χ4n) is 1.36. The van der Waals surface area contributed by atoms with E-state index in [0.29, 0.717) is 0 Å². The molecule has 0 aromatic carbocycles. The summed E-state index contributed by atoms with van der Waals surface area (Å²) in [4.78, 5) is 21.2. The van der Waals surface area contributed by atoms with Gasteiger partial charge in [0.1, 0.15) is 0 Å². The van der Waals surface area contributed by atoms with Gasteiger partial charge in [0.25, 0.3) is 0 Å². The van der Waals surface area contributed by atoms with Crippen LogP contribution in [-0.2, 0) is 9.59 Å². The Labute approximate surface area is 143 Å². The summed E-state index contributed by atoms with van der Waals surface area (Å²) in [6.07, 6.45) is 17.7. The number of allylic oxidation sites excluding steroid dienone is 12. The van der Waals surface area contributed by atoms with Crippen LogP contribution in [0.25, 0.3) is 0 Å². The van der Waals surface area contributed by atoms with Crippen LogP contribution in [-0.4, -0.2) is 22.2 Å². The molecule has 0 aromatic rings. The lowest BCUT2D eigenvalue weighted by molar-refractivity contribution is -0.133. The second-order valence-electron chi connectivity index (χ2n) is 5.23. The Bertz CT molecular complexity index is 608. The quantitative estimate of drug-likeness (QED) is 0.504. The molecule has 0 fully saturated rings. The van der Waals surface area contributed by atoms with Gasteiger partial charge in [-0.2, -0.15) is 0 Å². The Morgan fingerprint density at radius 1 is 0.583 bits per heavy atom. The average Bonchev–Trinajstić information content (AvgIpc) is 2.51. The summed E-state index contributed by atoms with van der Waals surface area (Å²) in [5.41, 5.74) is 2.55. The third-order valence-corrected chi connectivity index (χ3v) is 2.91. The third kappa shape index (κ3) is 10.8. The smallest absolute Gasteiger partial charge is 0.331 e. The topological polar surface area (TPSA) is 74.6 Å². The van der Waals surface area contributed by atoms with E-state index < -0.39 is 11.9 Å². The number of carbonyl (C=O) groups is 2. The number of carboxylic acids is 2. The van der Waals surface area contributed by atoms with Crippen LogP contribution in [0, 0.1) is 0 Å². The van der Waals surface area contributed by atoms with Gasteiger partial charge in [-0.1, -0.05) is 71.9 Å². The lowest BCUT2D eigenvalue weighted by Gasteiger charge is -1.90. The first kappa shape index (κ1) is 21.1. The Hall–Kier alpha value is -2.88. The van der Waals surface area contributed by atoms with Crippen molar-refractivity contribution in [3.8, 4) is 0 Å². The molecule has 24 heavy (non-hydrogen) atoms. The minimum absolute atomic E-state index is 0.284. The zero-order chi connectivity index (χ0) is 18.5. The lowest BCUT2D eigenvalue weighted by Crippen LogP contribution is -1.94. The molecule has 0 heterocycles. The Morgan fingerprint density at radius 3 is 1.21 bits per heavy atom. The molecule has 0 rings (SSSR count). The van der Waals surface area contributed by atoms with Gasteiger partial charge in [-0.05, 0) is 27.7 Å². The maximum atomic E-state index is 10.6. The van der Waals surface area contributed by atoms with Gasteiger partial charge in [0.2, 0.25) is 0 Å². The van der Waals surface area contributed by atoms with Gasteiger partial charge < -0.3 is 10.2 Å². The summed E-state index contributed by atoms with van der Waals surface area (Å²) in [5, 5.41) is 17.4. The van der Waals surface area contributed by atoms with Crippen LogP contribution in [0.4, 0.5) is 0 Å². The molecule has 0 amide bonds. The van der Waals surface area contributed by atoms with Crippen LogP contribution in [0.15, 0.2) is 83.1 Å². The molecule has 0 atom stereocenters. The summed E-state index contributed by atoms with van der Waals surface area (Å²) < 4.78 is 0. The molecule has 2 N–H and O–H groups in total. The highest BCUT2D eigenvalue weighted by molar-refractivity contribution is 5.86. The highest BCUT2D eigenvalue weighted by Gasteiger charge is 1.96. The summed E-state index contributed by atoms with van der Waals surface area (Å²) in [7, 11) is 0. The van der Waals surface area contributed by atoms with Crippen LogP contribution in [0.3, 0.4) is 0 Å². The third-order valence-electron chi connectivity index (χ3n) is 2.91. The minimum Gasteiger partial charge on any atom is -0.478 e. The zero-order valence-electron chi connectivity index (χ0n) is 14.5. The molecule has 4 heteroatoms. The van der Waals surface area contributed by atoms with Crippen LogP contribution in [0.2, 0.25) is 0 Å². The first-order valence-corrected chi connectivity index (χ1v) is 7.42. The first-order chi connectivity index (χ1) is 11.2. The van der Waals surface area contributed by atoms with Gasteiger partial charge in [-0.25, -0.2) is 9.59 Å². The largest absolute Gasteiger partial charge is 0.478 e. The van der Waals surface area contributed by atoms with Crippen molar-refractivity contribution in [1.82, 2.24) is 0 Å². The maximum Gasteiger partial charge on any atom is 0.331 e. The van der Waals surface area contributed by atoms with E-state index in [0.717, 1.165) is 11.1 Å². The minimum atomic E-state index is -0.928. The van der Waals surface area contributed by atoms with Crippen molar-refractivity contribution in [2.75, 3.05) is 0 Å². The average molecular weight is 328 g/mol. The van der Waals surface area contributed by atoms with Crippen molar-refractivity contribution < 1.29 is 19.8 Å². The number of hydrogen-bond acceptors (Lipinski definition) is 2. The van der Waals surface area contributed by atoms with Crippen molar-refractivity contribution in [1.29, 1.82) is 0 Å². The summed E-state index contributed by atoms with van der Waals surface area (Å²) >= 11 is 0. The maximum absolute atomic E-state index is 10.6. The summed E-state index contributed by atoms with van der Waals surface area (Å²) in [5.74, 6) is -1.86. The van der Waals surface area contributed by atoms with Crippen molar-refractivity contribution in [3.05, 3.63) is 83.1 Å². The molecule has 0 aliphatic heterocycles. The Kier molecular flexibility index (Phi) is 10.3. The highest BCUT2D eigenvalue weighted by atomic mass is 16.4. The van der Waals surface area contributed by atoms with Gasteiger partial charge in [0, 0.05) is 11.1 Å². The van der Waals surface area contributed by atoms with Gasteiger partial charge in [-0.15, -0.1) is 0 Å². The molecule has 4 nitrogen and oxygen atoms in total. The van der Waals surface area contributed by atoms with Crippen molar-refractivity contribution >= 4 is 11.9 Å². The molecular formula is C20H24O4. The van der Waals surface area contributed by atoms with Crippen molar-refractivity contribution in [2.45, 2.75) is 27.7 Å². The molecule has 0 saturated carbocycles. The van der Waals surface area contributed by atoms with Crippen molar-refractivity contribution in [3.63, 3.8) is 0 Å². The molecule has 0 aliphatic rings. The Morgan fingerprint density at radius 2 is 0.917 bits per heavy atom. The molecular weight excluding hydrogens is 304 g/mol. The second-order valence-corrected chi connectivity index (χ2v) is 5.23. The van der Waals surface area contributed by atoms with Gasteiger partial charge >= 0.3 is 11.9 Å². The van der Waals surface area contributed by atoms with Crippen molar-refractivity contribution in [2.24, 2.45) is 0 Å².